The molecule has 0 unspecified atom stereocenters. The van der Waals surface area contributed by atoms with Crippen molar-refractivity contribution >= 4 is 50.7 Å². The number of carbonyl (C=O) groups is 2. The van der Waals surface area contributed by atoms with Crippen molar-refractivity contribution in [3.05, 3.63) is 87.1 Å². The zero-order chi connectivity index (χ0) is 19.6. The van der Waals surface area contributed by atoms with Crippen LogP contribution in [0, 0.1) is 0 Å². The van der Waals surface area contributed by atoms with Crippen LogP contribution in [0.2, 0.25) is 5.02 Å². The quantitative estimate of drug-likeness (QED) is 0.547. The summed E-state index contributed by atoms with van der Waals surface area (Å²) in [5.41, 5.74) is 2.26. The van der Waals surface area contributed by atoms with Crippen molar-refractivity contribution in [2.75, 3.05) is 11.9 Å². The number of ketones is 1. The third-order valence-corrected chi connectivity index (χ3v) is 4.98. The van der Waals surface area contributed by atoms with Crippen LogP contribution < -0.4 is 4.90 Å². The number of carboxylic acids is 1. The SMILES string of the molecule is CN(c1ccc(Cl)cc1)c1ccc(C(=O)c2ccc(Br)c(C(=O)O)c2)nc1. The number of rotatable bonds is 5. The molecule has 1 N–H and O–H groups in total. The Morgan fingerprint density at radius 2 is 1.70 bits per heavy atom. The van der Waals surface area contributed by atoms with E-state index in [1.165, 1.54) is 6.07 Å². The van der Waals surface area contributed by atoms with Crippen LogP contribution in [0.3, 0.4) is 0 Å². The van der Waals surface area contributed by atoms with Gasteiger partial charge >= 0.3 is 5.97 Å². The molecule has 0 saturated carbocycles. The van der Waals surface area contributed by atoms with Gasteiger partial charge in [0.1, 0.15) is 5.69 Å². The molecule has 27 heavy (non-hydrogen) atoms. The van der Waals surface area contributed by atoms with E-state index in [0.29, 0.717) is 9.50 Å². The van der Waals surface area contributed by atoms with Gasteiger partial charge in [-0.25, -0.2) is 4.79 Å². The first-order chi connectivity index (χ1) is 12.9. The molecule has 3 rings (SSSR count). The Kier molecular flexibility index (Phi) is 5.58. The van der Waals surface area contributed by atoms with E-state index in [9.17, 15) is 14.7 Å². The number of anilines is 2. The minimum absolute atomic E-state index is 0.0277. The molecule has 0 radical (unpaired) electrons. The fourth-order valence-electron chi connectivity index (χ4n) is 2.51. The summed E-state index contributed by atoms with van der Waals surface area (Å²) in [6, 6.07) is 15.2. The van der Waals surface area contributed by atoms with Crippen LogP contribution in [0.15, 0.2) is 65.3 Å². The Morgan fingerprint density at radius 1 is 1.04 bits per heavy atom. The van der Waals surface area contributed by atoms with E-state index in [1.807, 2.05) is 24.1 Å². The van der Waals surface area contributed by atoms with Crippen LogP contribution in [0.25, 0.3) is 0 Å². The van der Waals surface area contributed by atoms with E-state index in [2.05, 4.69) is 20.9 Å². The second kappa shape index (κ2) is 7.90. The lowest BCUT2D eigenvalue weighted by Gasteiger charge is -2.19. The van der Waals surface area contributed by atoms with Crippen molar-refractivity contribution in [2.45, 2.75) is 0 Å². The van der Waals surface area contributed by atoms with Gasteiger partial charge in [0.05, 0.1) is 17.4 Å². The van der Waals surface area contributed by atoms with Crippen LogP contribution >= 0.6 is 27.5 Å². The number of halogens is 2. The van der Waals surface area contributed by atoms with Gasteiger partial charge in [0.15, 0.2) is 0 Å². The second-order valence-corrected chi connectivity index (χ2v) is 7.06. The Labute approximate surface area is 169 Å². The molecule has 0 amide bonds. The van der Waals surface area contributed by atoms with Crippen molar-refractivity contribution in [3.8, 4) is 0 Å². The summed E-state index contributed by atoms with van der Waals surface area (Å²) in [5, 5.41) is 9.85. The molecule has 0 bridgehead atoms. The molecule has 0 atom stereocenters. The van der Waals surface area contributed by atoms with Gasteiger partial charge in [-0.2, -0.15) is 0 Å². The summed E-state index contributed by atoms with van der Waals surface area (Å²) in [6.07, 6.45) is 1.60. The van der Waals surface area contributed by atoms with Gasteiger partial charge in [0.25, 0.3) is 0 Å². The van der Waals surface area contributed by atoms with Gasteiger partial charge in [0.2, 0.25) is 5.78 Å². The largest absolute Gasteiger partial charge is 0.478 e. The molecule has 0 aliphatic heterocycles. The van der Waals surface area contributed by atoms with E-state index in [1.54, 1.807) is 42.6 Å². The van der Waals surface area contributed by atoms with Crippen LogP contribution in [0.5, 0.6) is 0 Å². The number of aromatic carboxylic acids is 1. The highest BCUT2D eigenvalue weighted by Gasteiger charge is 2.16. The van der Waals surface area contributed by atoms with Crippen molar-refractivity contribution < 1.29 is 14.7 Å². The molecule has 0 spiro atoms. The molecule has 0 saturated heterocycles. The molecule has 1 heterocycles. The van der Waals surface area contributed by atoms with Gasteiger partial charge in [-0.15, -0.1) is 0 Å². The van der Waals surface area contributed by atoms with Crippen LogP contribution in [-0.4, -0.2) is 28.9 Å². The summed E-state index contributed by atoms with van der Waals surface area (Å²) in [5.74, 6) is -1.45. The Bertz CT molecular complexity index is 1000. The number of nitrogens with zero attached hydrogens (tertiary/aromatic N) is 2. The zero-order valence-corrected chi connectivity index (χ0v) is 16.5. The predicted molar refractivity (Wildman–Crippen MR) is 108 cm³/mol. The highest BCUT2D eigenvalue weighted by molar-refractivity contribution is 9.10. The van der Waals surface area contributed by atoms with Crippen LogP contribution in [0.1, 0.15) is 26.4 Å². The molecule has 5 nitrogen and oxygen atoms in total. The normalized spacial score (nSPS) is 10.5. The number of hydrogen-bond donors (Lipinski definition) is 1. The number of hydrogen-bond acceptors (Lipinski definition) is 4. The topological polar surface area (TPSA) is 70.5 Å². The first kappa shape index (κ1) is 19.1. The summed E-state index contributed by atoms with van der Waals surface area (Å²) in [6.45, 7) is 0. The minimum atomic E-state index is -1.11. The second-order valence-electron chi connectivity index (χ2n) is 5.77. The number of carboxylic acid groups (broad SMARTS) is 1. The monoisotopic (exact) mass is 444 g/mol. The molecule has 3 aromatic rings. The third-order valence-electron chi connectivity index (χ3n) is 4.04. The maximum atomic E-state index is 12.6. The smallest absolute Gasteiger partial charge is 0.336 e. The molecular weight excluding hydrogens is 432 g/mol. The van der Waals surface area contributed by atoms with E-state index in [4.69, 9.17) is 11.6 Å². The summed E-state index contributed by atoms with van der Waals surface area (Å²) >= 11 is 9.08. The molecule has 7 heteroatoms. The number of benzene rings is 2. The number of carbonyl (C=O) groups excluding carboxylic acids is 1. The summed E-state index contributed by atoms with van der Waals surface area (Å²) in [4.78, 5) is 30.0. The average Bonchev–Trinajstić information content (AvgIpc) is 2.68. The molecule has 136 valence electrons. The standard InChI is InChI=1S/C20H14BrClN2O3/c1-24(14-5-3-13(22)4-6-14)15-7-9-18(23-11-15)19(25)12-2-8-17(21)16(10-12)20(26)27/h2-11H,1H3,(H,26,27). The van der Waals surface area contributed by atoms with E-state index >= 15 is 0 Å². The first-order valence-corrected chi connectivity index (χ1v) is 9.07. The van der Waals surface area contributed by atoms with Crippen molar-refractivity contribution in [1.82, 2.24) is 4.98 Å². The zero-order valence-electron chi connectivity index (χ0n) is 14.2. The lowest BCUT2D eigenvalue weighted by atomic mass is 10.0. The molecule has 1 aromatic heterocycles. The highest BCUT2D eigenvalue weighted by atomic mass is 79.9. The third kappa shape index (κ3) is 4.18. The molecule has 2 aromatic carbocycles. The van der Waals surface area contributed by atoms with Crippen molar-refractivity contribution in [2.24, 2.45) is 0 Å². The van der Waals surface area contributed by atoms with Gasteiger partial charge in [-0.05, 0) is 70.5 Å². The lowest BCUT2D eigenvalue weighted by Crippen LogP contribution is -2.11. The highest BCUT2D eigenvalue weighted by Crippen LogP contribution is 2.25. The van der Waals surface area contributed by atoms with Gasteiger partial charge in [-0.3, -0.25) is 9.78 Å². The predicted octanol–water partition coefficient (Wildman–Crippen LogP) is 5.19. The van der Waals surface area contributed by atoms with Crippen molar-refractivity contribution in [1.29, 1.82) is 0 Å². The van der Waals surface area contributed by atoms with Gasteiger partial charge < -0.3 is 10.0 Å². The molecule has 0 aliphatic carbocycles. The summed E-state index contributed by atoms with van der Waals surface area (Å²) < 4.78 is 0.416. The van der Waals surface area contributed by atoms with Crippen LogP contribution in [-0.2, 0) is 0 Å². The number of aromatic nitrogens is 1. The van der Waals surface area contributed by atoms with Gasteiger partial charge in [-0.1, -0.05) is 11.6 Å². The van der Waals surface area contributed by atoms with Crippen LogP contribution in [0.4, 0.5) is 11.4 Å². The Balaban J connectivity index is 1.84. The molecule has 0 fully saturated rings. The molecule has 0 aliphatic rings. The fraction of sp³-hybridized carbons (Fsp3) is 0.0500. The lowest BCUT2D eigenvalue weighted by molar-refractivity contribution is 0.0696. The average molecular weight is 446 g/mol. The van der Waals surface area contributed by atoms with E-state index in [0.717, 1.165) is 11.4 Å². The maximum Gasteiger partial charge on any atom is 0.336 e. The molecular formula is C20H14BrClN2O3. The Morgan fingerprint density at radius 3 is 2.30 bits per heavy atom. The van der Waals surface area contributed by atoms with E-state index in [-0.39, 0.29) is 22.6 Å². The minimum Gasteiger partial charge on any atom is -0.478 e. The first-order valence-electron chi connectivity index (χ1n) is 7.89. The van der Waals surface area contributed by atoms with E-state index < -0.39 is 5.97 Å². The Hall–Kier alpha value is -2.70. The van der Waals surface area contributed by atoms with Gasteiger partial charge in [0, 0.05) is 27.8 Å². The summed E-state index contributed by atoms with van der Waals surface area (Å²) in [7, 11) is 1.88. The van der Waals surface area contributed by atoms with Crippen molar-refractivity contribution in [3.63, 3.8) is 0 Å². The fourth-order valence-corrected chi connectivity index (χ4v) is 3.05. The maximum absolute atomic E-state index is 12.6. The number of pyridine rings is 1.